The van der Waals surface area contributed by atoms with Gasteiger partial charge in [0.25, 0.3) is 5.91 Å². The number of thioether (sulfide) groups is 1. The maximum Gasteiger partial charge on any atom is 0.253 e. The van der Waals surface area contributed by atoms with Gasteiger partial charge in [0, 0.05) is 42.3 Å². The van der Waals surface area contributed by atoms with Crippen LogP contribution in [0.3, 0.4) is 0 Å². The molecule has 1 aliphatic carbocycles. The molecule has 2 N–H and O–H groups in total. The van der Waals surface area contributed by atoms with Crippen molar-refractivity contribution in [3.8, 4) is 0 Å². The molecule has 0 saturated heterocycles. The van der Waals surface area contributed by atoms with E-state index in [1.54, 1.807) is 0 Å². The maximum absolute atomic E-state index is 12.7. The first-order valence-electron chi connectivity index (χ1n) is 8.71. The Bertz CT molecular complexity index is 876. The van der Waals surface area contributed by atoms with E-state index in [-0.39, 0.29) is 11.9 Å². The summed E-state index contributed by atoms with van der Waals surface area (Å²) in [6, 6.07) is 8.09. The second-order valence-corrected chi connectivity index (χ2v) is 7.90. The Balaban J connectivity index is 1.35. The summed E-state index contributed by atoms with van der Waals surface area (Å²) in [5, 5.41) is 5.95. The average molecular weight is 354 g/mol. The molecule has 4 rings (SSSR count). The van der Waals surface area contributed by atoms with Crippen LogP contribution in [0.4, 0.5) is 0 Å². The zero-order valence-corrected chi connectivity index (χ0v) is 15.1. The highest BCUT2D eigenvalue weighted by atomic mass is 32.2. The van der Waals surface area contributed by atoms with E-state index < -0.39 is 0 Å². The molecule has 6 heteroatoms. The smallest absolute Gasteiger partial charge is 0.253 e. The lowest BCUT2D eigenvalue weighted by Crippen LogP contribution is -2.38. The number of carbonyl (C=O) groups excluding carboxylic acids is 1. The molecule has 0 aliphatic heterocycles. The Morgan fingerprint density at radius 2 is 2.12 bits per heavy atom. The topological polar surface area (TPSA) is 62.7 Å². The third-order valence-corrected chi connectivity index (χ3v) is 6.30. The van der Waals surface area contributed by atoms with Crippen LogP contribution >= 0.6 is 11.8 Å². The summed E-state index contributed by atoms with van der Waals surface area (Å²) in [7, 11) is 2.03. The number of hydrogen-bond donors (Lipinski definition) is 2. The SMILES string of the molecule is Cn1ccnc1SC1CCC(NC(=O)c2cccc3cc[nH]c23)CC1. The Kier molecular flexibility index (Phi) is 4.53. The van der Waals surface area contributed by atoms with Crippen molar-refractivity contribution in [1.29, 1.82) is 0 Å². The number of para-hydroxylation sites is 1. The fourth-order valence-electron chi connectivity index (χ4n) is 3.48. The minimum atomic E-state index is 0.0215. The van der Waals surface area contributed by atoms with Gasteiger partial charge < -0.3 is 14.9 Å². The highest BCUT2D eigenvalue weighted by Crippen LogP contribution is 2.32. The van der Waals surface area contributed by atoms with Crippen LogP contribution in [0.15, 0.2) is 48.0 Å². The minimum absolute atomic E-state index is 0.0215. The van der Waals surface area contributed by atoms with Crippen molar-refractivity contribution in [3.63, 3.8) is 0 Å². The minimum Gasteiger partial charge on any atom is -0.361 e. The van der Waals surface area contributed by atoms with E-state index in [9.17, 15) is 4.79 Å². The molecule has 0 spiro atoms. The van der Waals surface area contributed by atoms with Gasteiger partial charge >= 0.3 is 0 Å². The van der Waals surface area contributed by atoms with Crippen molar-refractivity contribution in [2.75, 3.05) is 0 Å². The van der Waals surface area contributed by atoms with Gasteiger partial charge in [0.05, 0.1) is 11.1 Å². The molecule has 25 heavy (non-hydrogen) atoms. The van der Waals surface area contributed by atoms with Crippen LogP contribution in [0.1, 0.15) is 36.0 Å². The molecule has 1 fully saturated rings. The molecule has 0 atom stereocenters. The second-order valence-electron chi connectivity index (χ2n) is 6.63. The van der Waals surface area contributed by atoms with E-state index in [2.05, 4.69) is 19.9 Å². The molecule has 1 saturated carbocycles. The number of nitrogens with one attached hydrogen (secondary N) is 2. The monoisotopic (exact) mass is 354 g/mol. The fraction of sp³-hybridized carbons (Fsp3) is 0.368. The van der Waals surface area contributed by atoms with Crippen molar-refractivity contribution < 1.29 is 4.79 Å². The van der Waals surface area contributed by atoms with E-state index in [4.69, 9.17) is 0 Å². The predicted octanol–water partition coefficient (Wildman–Crippen LogP) is 3.73. The second kappa shape index (κ2) is 6.96. The number of nitrogens with zero attached hydrogens (tertiary/aromatic N) is 2. The van der Waals surface area contributed by atoms with E-state index >= 15 is 0 Å². The lowest BCUT2D eigenvalue weighted by Gasteiger charge is -2.28. The van der Waals surface area contributed by atoms with Crippen LogP contribution in [0.25, 0.3) is 10.9 Å². The molecule has 3 aromatic rings. The molecule has 1 aliphatic rings. The van der Waals surface area contributed by atoms with Gasteiger partial charge in [0.15, 0.2) is 5.16 Å². The zero-order chi connectivity index (χ0) is 17.2. The van der Waals surface area contributed by atoms with E-state index in [1.807, 2.05) is 61.7 Å². The summed E-state index contributed by atoms with van der Waals surface area (Å²) in [6.07, 6.45) is 9.96. The van der Waals surface area contributed by atoms with Crippen LogP contribution in [0.2, 0.25) is 0 Å². The van der Waals surface area contributed by atoms with E-state index in [0.29, 0.717) is 5.25 Å². The summed E-state index contributed by atoms with van der Waals surface area (Å²) in [4.78, 5) is 20.2. The fourth-order valence-corrected chi connectivity index (χ4v) is 4.63. The van der Waals surface area contributed by atoms with E-state index in [1.165, 1.54) is 0 Å². The molecular weight excluding hydrogens is 332 g/mol. The number of benzene rings is 1. The molecular formula is C19H22N4OS. The van der Waals surface area contributed by atoms with Crippen LogP contribution in [-0.4, -0.2) is 31.7 Å². The number of H-pyrrole nitrogens is 1. The number of imidazole rings is 1. The van der Waals surface area contributed by atoms with Gasteiger partial charge in [-0.25, -0.2) is 4.98 Å². The van der Waals surface area contributed by atoms with Crippen molar-refractivity contribution in [3.05, 3.63) is 48.4 Å². The Labute approximate surface area is 151 Å². The van der Waals surface area contributed by atoms with Crippen molar-refractivity contribution in [2.45, 2.75) is 42.1 Å². The predicted molar refractivity (Wildman–Crippen MR) is 101 cm³/mol. The summed E-state index contributed by atoms with van der Waals surface area (Å²) >= 11 is 1.85. The molecule has 0 bridgehead atoms. The number of amides is 1. The van der Waals surface area contributed by atoms with Crippen LogP contribution in [0, 0.1) is 0 Å². The summed E-state index contributed by atoms with van der Waals surface area (Å²) < 4.78 is 2.07. The highest BCUT2D eigenvalue weighted by molar-refractivity contribution is 7.99. The number of aromatic amines is 1. The van der Waals surface area contributed by atoms with Gasteiger partial charge in [-0.1, -0.05) is 23.9 Å². The largest absolute Gasteiger partial charge is 0.361 e. The van der Waals surface area contributed by atoms with Crippen molar-refractivity contribution >= 4 is 28.6 Å². The van der Waals surface area contributed by atoms with Gasteiger partial charge in [-0.2, -0.15) is 0 Å². The number of aromatic nitrogens is 3. The molecule has 1 aromatic carbocycles. The lowest BCUT2D eigenvalue weighted by molar-refractivity contribution is 0.0929. The molecule has 1 amide bonds. The summed E-state index contributed by atoms with van der Waals surface area (Å²) in [5.74, 6) is 0.0215. The summed E-state index contributed by atoms with van der Waals surface area (Å²) in [6.45, 7) is 0. The first-order chi connectivity index (χ1) is 12.2. The van der Waals surface area contributed by atoms with Crippen LogP contribution in [0.5, 0.6) is 0 Å². The first-order valence-corrected chi connectivity index (χ1v) is 9.59. The third kappa shape index (κ3) is 3.44. The number of rotatable bonds is 4. The van der Waals surface area contributed by atoms with Gasteiger partial charge in [-0.05, 0) is 37.8 Å². The molecule has 5 nitrogen and oxygen atoms in total. The maximum atomic E-state index is 12.7. The number of aryl methyl sites for hydroxylation is 1. The Hall–Kier alpha value is -2.21. The summed E-state index contributed by atoms with van der Waals surface area (Å²) in [5.41, 5.74) is 1.64. The van der Waals surface area contributed by atoms with Crippen LogP contribution < -0.4 is 5.32 Å². The molecule has 0 radical (unpaired) electrons. The lowest BCUT2D eigenvalue weighted by atomic mass is 9.94. The number of hydrogen-bond acceptors (Lipinski definition) is 3. The van der Waals surface area contributed by atoms with E-state index in [0.717, 1.165) is 47.3 Å². The highest BCUT2D eigenvalue weighted by Gasteiger charge is 2.24. The molecule has 130 valence electrons. The van der Waals surface area contributed by atoms with Gasteiger partial charge in [0.2, 0.25) is 0 Å². The normalized spacial score (nSPS) is 20.7. The average Bonchev–Trinajstić information content (AvgIpc) is 3.25. The number of fused-ring (bicyclic) bond motifs is 1. The van der Waals surface area contributed by atoms with Gasteiger partial charge in [0.1, 0.15) is 0 Å². The Morgan fingerprint density at radius 3 is 2.88 bits per heavy atom. The standard InChI is InChI=1S/C19H22N4OS/c1-23-12-11-21-19(23)25-15-7-5-14(6-8-15)22-18(24)16-4-2-3-13-9-10-20-17(13)16/h2-4,9-12,14-15,20H,5-8H2,1H3,(H,22,24). The van der Waals surface area contributed by atoms with Gasteiger partial charge in [-0.15, -0.1) is 0 Å². The van der Waals surface area contributed by atoms with Crippen LogP contribution in [-0.2, 0) is 7.05 Å². The third-order valence-electron chi connectivity index (χ3n) is 4.89. The first kappa shape index (κ1) is 16.3. The molecule has 0 unspecified atom stereocenters. The zero-order valence-electron chi connectivity index (χ0n) is 14.2. The Morgan fingerprint density at radius 1 is 1.28 bits per heavy atom. The molecule has 2 aromatic heterocycles. The number of carbonyl (C=O) groups is 1. The van der Waals surface area contributed by atoms with Crippen molar-refractivity contribution in [1.82, 2.24) is 19.9 Å². The molecule has 2 heterocycles. The van der Waals surface area contributed by atoms with Crippen molar-refractivity contribution in [2.24, 2.45) is 7.05 Å². The van der Waals surface area contributed by atoms with Gasteiger partial charge in [-0.3, -0.25) is 4.79 Å². The quantitative estimate of drug-likeness (QED) is 0.750.